The SMILES string of the molecule is CC(C)(C)OC(=O)N1CC2CCC(C1)N2c1ccc(N)nc1.Cn1nc(Cl)cc(Br)c1=O.Cn1nc(Cl)cc(Nc2ccc(N3C4CCC3CN(C(=O)OC(C)(C)C)C4)cn2)c1=O. The van der Waals surface area contributed by atoms with Gasteiger partial charge in [-0.15, -0.1) is 0 Å². The molecule has 2 amide bonds. The predicted octanol–water partition coefficient (Wildman–Crippen LogP) is 6.61. The number of piperazine rings is 2. The Kier molecular flexibility index (Phi) is 14.5. The summed E-state index contributed by atoms with van der Waals surface area (Å²) in [6, 6.07) is 11.7. The Labute approximate surface area is 384 Å². The van der Waals surface area contributed by atoms with E-state index in [1.165, 1.54) is 21.5 Å². The Morgan fingerprint density at radius 1 is 0.698 bits per heavy atom. The van der Waals surface area contributed by atoms with E-state index >= 15 is 0 Å². The summed E-state index contributed by atoms with van der Waals surface area (Å²) in [5.41, 5.74) is 6.64. The quantitative estimate of drug-likeness (QED) is 0.222. The summed E-state index contributed by atoms with van der Waals surface area (Å²) in [6.07, 6.45) is 7.39. The molecule has 4 bridgehead atoms. The topological polar surface area (TPSA) is 199 Å². The maximum Gasteiger partial charge on any atom is 0.410 e. The van der Waals surface area contributed by atoms with Gasteiger partial charge in [-0.1, -0.05) is 23.2 Å². The van der Waals surface area contributed by atoms with Crippen LogP contribution in [0.2, 0.25) is 10.3 Å². The minimum atomic E-state index is -0.500. The van der Waals surface area contributed by atoms with Gasteiger partial charge in [-0.3, -0.25) is 9.59 Å². The van der Waals surface area contributed by atoms with Gasteiger partial charge in [0.25, 0.3) is 11.1 Å². The van der Waals surface area contributed by atoms with E-state index < -0.39 is 11.2 Å². The second-order valence-corrected chi connectivity index (χ2v) is 19.5. The van der Waals surface area contributed by atoms with E-state index in [-0.39, 0.29) is 40.5 Å². The van der Waals surface area contributed by atoms with Crippen molar-refractivity contribution in [3.63, 3.8) is 0 Å². The number of hydrogen-bond acceptors (Lipinski definition) is 14. The first kappa shape index (κ1) is 47.3. The number of nitrogens with one attached hydrogen (secondary N) is 1. The lowest BCUT2D eigenvalue weighted by atomic mass is 10.1. The number of ether oxygens (including phenoxy) is 2. The van der Waals surface area contributed by atoms with Gasteiger partial charge in [-0.05, 0) is 113 Å². The molecular weight excluding hydrogens is 919 g/mol. The minimum Gasteiger partial charge on any atom is -0.444 e. The lowest BCUT2D eigenvalue weighted by Crippen LogP contribution is -2.56. The van der Waals surface area contributed by atoms with E-state index in [1.54, 1.807) is 20.3 Å². The van der Waals surface area contributed by atoms with E-state index in [2.05, 4.69) is 51.2 Å². The van der Waals surface area contributed by atoms with Crippen LogP contribution in [0.4, 0.5) is 38.3 Å². The molecule has 4 fully saturated rings. The molecule has 3 N–H and O–H groups in total. The monoisotopic (exact) mass is 972 g/mol. The number of carbonyl (C=O) groups excluding carboxylic acids is 2. The average molecular weight is 975 g/mol. The van der Waals surface area contributed by atoms with E-state index in [9.17, 15) is 19.2 Å². The van der Waals surface area contributed by atoms with Crippen LogP contribution in [0.5, 0.6) is 0 Å². The first-order valence-electron chi connectivity index (χ1n) is 20.7. The molecule has 4 aliphatic rings. The number of amides is 2. The van der Waals surface area contributed by atoms with Gasteiger partial charge >= 0.3 is 12.2 Å². The first-order valence-corrected chi connectivity index (χ1v) is 22.2. The van der Waals surface area contributed by atoms with E-state index in [0.717, 1.165) is 37.1 Å². The maximum atomic E-state index is 12.5. The molecule has 63 heavy (non-hydrogen) atoms. The summed E-state index contributed by atoms with van der Waals surface area (Å²) in [5.74, 6) is 1.08. The summed E-state index contributed by atoms with van der Waals surface area (Å²) in [5, 5.41) is 11.1. The molecule has 21 heteroatoms. The lowest BCUT2D eigenvalue weighted by Gasteiger charge is -2.42. The third-order valence-electron chi connectivity index (χ3n) is 10.7. The minimum absolute atomic E-state index is 0.190. The highest BCUT2D eigenvalue weighted by Crippen LogP contribution is 2.37. The lowest BCUT2D eigenvalue weighted by molar-refractivity contribution is 0.0200. The van der Waals surface area contributed by atoms with Crippen molar-refractivity contribution in [2.75, 3.05) is 47.0 Å². The van der Waals surface area contributed by atoms with Crippen molar-refractivity contribution in [1.82, 2.24) is 39.3 Å². The predicted molar refractivity (Wildman–Crippen MR) is 247 cm³/mol. The highest BCUT2D eigenvalue weighted by atomic mass is 79.9. The summed E-state index contributed by atoms with van der Waals surface area (Å²) < 4.78 is 13.8. The number of pyridine rings is 2. The molecule has 8 rings (SSSR count). The van der Waals surface area contributed by atoms with Crippen molar-refractivity contribution in [2.45, 2.75) is 103 Å². The van der Waals surface area contributed by atoms with Crippen LogP contribution >= 0.6 is 39.1 Å². The number of fused-ring (bicyclic) bond motifs is 4. The zero-order valence-electron chi connectivity index (χ0n) is 36.7. The Balaban J connectivity index is 0.000000178. The molecule has 4 saturated heterocycles. The fourth-order valence-electron chi connectivity index (χ4n) is 8.10. The Morgan fingerprint density at radius 2 is 1.13 bits per heavy atom. The van der Waals surface area contributed by atoms with Crippen LogP contribution < -0.4 is 32.0 Å². The number of halogens is 3. The van der Waals surface area contributed by atoms with Gasteiger partial charge in [-0.2, -0.15) is 10.2 Å². The smallest absolute Gasteiger partial charge is 0.410 e. The summed E-state index contributed by atoms with van der Waals surface area (Å²) in [7, 11) is 3.08. The standard InChI is InChI=1S/C21H27ClN6O3.C16H24N4O2.C5H4BrClN2O/c1-21(2,3)31-20(30)27-11-14-5-6-15(12-27)28(14)13-7-8-18(23-10-13)24-16-9-17(22)25-26(4)19(16)29;1-16(2,3)22-15(21)19-9-12-4-5-13(10-19)20(12)11-6-7-14(17)18-8-11;1-9-5(10)3(6)2-4(7)8-9/h7-10,14-15H,5-6,11-12H2,1-4H3,(H,23,24);6-8,12-13H,4-5,9-10H2,1-3H3,(H2,17,18);2H,1H3. The first-order chi connectivity index (χ1) is 29.5. The van der Waals surface area contributed by atoms with Crippen LogP contribution in [-0.4, -0.2) is 113 Å². The highest BCUT2D eigenvalue weighted by Gasteiger charge is 2.44. The molecule has 0 radical (unpaired) electrons. The summed E-state index contributed by atoms with van der Waals surface area (Å²) in [4.78, 5) is 64.9. The molecule has 0 spiro atoms. The van der Waals surface area contributed by atoms with Gasteiger partial charge in [0.1, 0.15) is 28.5 Å². The van der Waals surface area contributed by atoms with Gasteiger partial charge in [0.2, 0.25) is 0 Å². The number of nitrogen functional groups attached to an aromatic ring is 1. The molecule has 4 unspecified atom stereocenters. The van der Waals surface area contributed by atoms with Crippen LogP contribution in [-0.2, 0) is 23.6 Å². The molecule has 8 heterocycles. The number of aromatic nitrogens is 6. The van der Waals surface area contributed by atoms with E-state index in [4.69, 9.17) is 38.4 Å². The molecule has 18 nitrogen and oxygen atoms in total. The largest absolute Gasteiger partial charge is 0.444 e. The molecule has 4 aromatic heterocycles. The van der Waals surface area contributed by atoms with Gasteiger partial charge in [0, 0.05) is 70.5 Å². The fraction of sp³-hybridized carbons (Fsp3) is 0.524. The average Bonchev–Trinajstić information content (AvgIpc) is 3.60. The van der Waals surface area contributed by atoms with Crippen molar-refractivity contribution in [2.24, 2.45) is 14.1 Å². The van der Waals surface area contributed by atoms with Gasteiger partial charge in [0.05, 0.1) is 28.2 Å². The fourth-order valence-corrected chi connectivity index (χ4v) is 9.15. The van der Waals surface area contributed by atoms with Crippen molar-refractivity contribution in [1.29, 1.82) is 0 Å². The molecule has 4 atom stereocenters. The highest BCUT2D eigenvalue weighted by molar-refractivity contribution is 9.10. The second kappa shape index (κ2) is 19.3. The van der Waals surface area contributed by atoms with Crippen molar-refractivity contribution in [3.05, 3.63) is 84.3 Å². The summed E-state index contributed by atoms with van der Waals surface area (Å²) in [6.45, 7) is 14.0. The number of carbonyl (C=O) groups is 2. The molecule has 340 valence electrons. The normalized spacial score (nSPS) is 20.3. The Bertz CT molecular complexity index is 2340. The number of rotatable bonds is 4. The third kappa shape index (κ3) is 12.1. The van der Waals surface area contributed by atoms with Crippen LogP contribution in [0.1, 0.15) is 67.2 Å². The summed E-state index contributed by atoms with van der Waals surface area (Å²) >= 11 is 14.5. The zero-order chi connectivity index (χ0) is 46.0. The second-order valence-electron chi connectivity index (χ2n) is 17.9. The number of nitrogens with two attached hydrogens (primary N) is 1. The van der Waals surface area contributed by atoms with Gasteiger partial charge in [-0.25, -0.2) is 28.9 Å². The van der Waals surface area contributed by atoms with Crippen molar-refractivity contribution in [3.8, 4) is 0 Å². The van der Waals surface area contributed by atoms with Crippen LogP contribution in [0.15, 0.2) is 62.9 Å². The molecule has 4 aliphatic heterocycles. The molecular formula is C42H55BrCl2N12O6. The van der Waals surface area contributed by atoms with Crippen LogP contribution in [0.3, 0.4) is 0 Å². The number of nitrogens with zero attached hydrogens (tertiary/aromatic N) is 10. The number of anilines is 5. The molecule has 4 aromatic rings. The van der Waals surface area contributed by atoms with Crippen LogP contribution in [0.25, 0.3) is 0 Å². The zero-order valence-corrected chi connectivity index (χ0v) is 39.8. The van der Waals surface area contributed by atoms with E-state index in [0.29, 0.717) is 65.2 Å². The number of aryl methyl sites for hydroxylation is 2. The Morgan fingerprint density at radius 3 is 1.52 bits per heavy atom. The molecule has 0 saturated carbocycles. The van der Waals surface area contributed by atoms with Gasteiger partial charge in [0.15, 0.2) is 10.3 Å². The molecule has 0 aliphatic carbocycles. The molecule has 0 aromatic carbocycles. The maximum absolute atomic E-state index is 12.5. The Hall–Kier alpha value is -5.14. The number of hydrogen-bond donors (Lipinski definition) is 2. The van der Waals surface area contributed by atoms with E-state index in [1.807, 2.05) is 81.8 Å². The van der Waals surface area contributed by atoms with Crippen molar-refractivity contribution < 1.29 is 19.1 Å². The van der Waals surface area contributed by atoms with Crippen LogP contribution in [0, 0.1) is 0 Å². The number of likely N-dealkylation sites (tertiary alicyclic amines) is 2. The van der Waals surface area contributed by atoms with Gasteiger partial charge < -0.3 is 40.1 Å². The van der Waals surface area contributed by atoms with Crippen molar-refractivity contribution >= 4 is 80.0 Å². The third-order valence-corrected chi connectivity index (χ3v) is 11.6.